The highest BCUT2D eigenvalue weighted by Gasteiger charge is 2.40. The van der Waals surface area contributed by atoms with Gasteiger partial charge in [-0.05, 0) is 47.8 Å². The second kappa shape index (κ2) is 11.1. The number of ketones is 1. The van der Waals surface area contributed by atoms with Crippen LogP contribution in [0.1, 0.15) is 18.4 Å². The third-order valence-electron chi connectivity index (χ3n) is 6.59. The van der Waals surface area contributed by atoms with Crippen LogP contribution >= 0.6 is 35.7 Å². The number of benzene rings is 1. The van der Waals surface area contributed by atoms with Gasteiger partial charge in [0.05, 0.1) is 12.5 Å². The Labute approximate surface area is 227 Å². The number of halogens is 1. The summed E-state index contributed by atoms with van der Waals surface area (Å²) in [5.41, 5.74) is 4.27. The molecule has 0 radical (unpaired) electrons. The Morgan fingerprint density at radius 3 is 2.74 bits per heavy atom. The second-order valence-corrected chi connectivity index (χ2v) is 9.87. The van der Waals surface area contributed by atoms with Crippen LogP contribution in [0.2, 0.25) is 0 Å². The van der Waals surface area contributed by atoms with Crippen LogP contribution in [0, 0.1) is 0 Å². The maximum Gasteiger partial charge on any atom is 0.355 e. The van der Waals surface area contributed by atoms with Crippen molar-refractivity contribution in [3.05, 3.63) is 89.3 Å². The summed E-state index contributed by atoms with van der Waals surface area (Å²) in [7, 11) is 1.62. The van der Waals surface area contributed by atoms with E-state index in [-0.39, 0.29) is 36.4 Å². The van der Waals surface area contributed by atoms with Gasteiger partial charge in [0.1, 0.15) is 24.1 Å². The largest absolute Gasteiger partial charge is 0.497 e. The van der Waals surface area contributed by atoms with E-state index in [1.165, 1.54) is 6.42 Å². The first-order chi connectivity index (χ1) is 16.6. The number of fused-ring (bicyclic) bond motifs is 2. The highest BCUT2D eigenvalue weighted by atomic mass is 127. The van der Waals surface area contributed by atoms with Gasteiger partial charge in [-0.25, -0.2) is 4.79 Å². The summed E-state index contributed by atoms with van der Waals surface area (Å²) in [6.45, 7) is 5.43. The lowest BCUT2D eigenvalue weighted by Crippen LogP contribution is -2.48. The number of hydrogen-bond acceptors (Lipinski definition) is 7. The molecule has 35 heavy (non-hydrogen) atoms. The van der Waals surface area contributed by atoms with Gasteiger partial charge >= 0.3 is 5.97 Å². The number of methoxy groups -OCH3 is 1. The van der Waals surface area contributed by atoms with E-state index in [2.05, 4.69) is 17.7 Å². The number of esters is 1. The van der Waals surface area contributed by atoms with Crippen molar-refractivity contribution in [2.24, 2.45) is 0 Å². The van der Waals surface area contributed by atoms with Gasteiger partial charge in [0.25, 0.3) is 0 Å². The fourth-order valence-corrected chi connectivity index (χ4v) is 5.99. The standard InChI is InChI=1S/C27H28N2O4S.HI/c1-3-12-29-25-19(5-4-6-23(25)30)14-22(20-15-28-13-11-24(28)34-17-20)26(29)27(31)33-16-18-7-9-21(32-2)10-8-18;/h3-4,6-10,14-15,24-25H,1,5,11-13,16-17H2,2H3;1H. The number of carbonyl (C=O) groups is 2. The van der Waals surface area contributed by atoms with E-state index in [1.54, 1.807) is 19.3 Å². The molecular formula is C27H29IN2O4S. The molecule has 6 nitrogen and oxygen atoms in total. The molecular weight excluding hydrogens is 575 g/mol. The van der Waals surface area contributed by atoms with Crippen LogP contribution < -0.4 is 4.74 Å². The van der Waals surface area contributed by atoms with Crippen molar-refractivity contribution in [2.75, 3.05) is 26.0 Å². The fraction of sp³-hybridized carbons (Fsp3) is 0.333. The lowest BCUT2D eigenvalue weighted by molar-refractivity contribution is -0.142. The van der Waals surface area contributed by atoms with Gasteiger partial charge in [-0.2, -0.15) is 0 Å². The van der Waals surface area contributed by atoms with E-state index in [1.807, 2.05) is 53.1 Å². The van der Waals surface area contributed by atoms with Crippen molar-refractivity contribution < 1.29 is 19.1 Å². The molecule has 3 aliphatic heterocycles. The quantitative estimate of drug-likeness (QED) is 0.256. The minimum Gasteiger partial charge on any atom is -0.497 e. The molecule has 1 aromatic carbocycles. The fourth-order valence-electron chi connectivity index (χ4n) is 4.75. The first kappa shape index (κ1) is 25.6. The average Bonchev–Trinajstić information content (AvgIpc) is 2.83. The summed E-state index contributed by atoms with van der Waals surface area (Å²) >= 11 is 1.90. The molecule has 2 atom stereocenters. The molecule has 0 spiro atoms. The molecule has 0 amide bonds. The molecule has 1 aliphatic carbocycles. The van der Waals surface area contributed by atoms with Crippen LogP contribution in [0.15, 0.2) is 83.8 Å². The molecule has 3 heterocycles. The molecule has 0 aromatic heterocycles. The Bertz CT molecular complexity index is 1140. The molecule has 2 unspecified atom stereocenters. The van der Waals surface area contributed by atoms with Crippen molar-refractivity contribution in [1.29, 1.82) is 0 Å². The molecule has 184 valence electrons. The van der Waals surface area contributed by atoms with E-state index < -0.39 is 12.0 Å². The highest BCUT2D eigenvalue weighted by Crippen LogP contribution is 2.41. The smallest absolute Gasteiger partial charge is 0.355 e. The summed E-state index contributed by atoms with van der Waals surface area (Å²) in [4.78, 5) is 30.7. The summed E-state index contributed by atoms with van der Waals surface area (Å²) < 4.78 is 11.0. The Hall–Kier alpha value is -2.46. The number of rotatable bonds is 7. The first-order valence-corrected chi connectivity index (χ1v) is 12.5. The van der Waals surface area contributed by atoms with Crippen LogP contribution in [-0.4, -0.2) is 58.9 Å². The first-order valence-electron chi connectivity index (χ1n) is 11.5. The Morgan fingerprint density at radius 1 is 1.29 bits per heavy atom. The van der Waals surface area contributed by atoms with Crippen molar-refractivity contribution in [2.45, 2.75) is 30.9 Å². The Morgan fingerprint density at radius 2 is 2.09 bits per heavy atom. The third-order valence-corrected chi connectivity index (χ3v) is 7.96. The van der Waals surface area contributed by atoms with Gasteiger partial charge in [0.2, 0.25) is 0 Å². The SMILES string of the molecule is C=CCN1C(C(=O)OCc2ccc(OC)cc2)=C(C2=CN3CCC3SC2)C=C2CC=CC(=O)C21.I. The van der Waals surface area contributed by atoms with Gasteiger partial charge in [0, 0.05) is 30.6 Å². The number of nitrogens with zero attached hydrogens (tertiary/aromatic N) is 2. The number of thioether (sulfide) groups is 1. The van der Waals surface area contributed by atoms with E-state index >= 15 is 0 Å². The van der Waals surface area contributed by atoms with Gasteiger partial charge < -0.3 is 19.3 Å². The zero-order chi connectivity index (χ0) is 23.7. The molecule has 0 N–H and O–H groups in total. The van der Waals surface area contributed by atoms with Gasteiger partial charge in [-0.3, -0.25) is 4.79 Å². The molecule has 5 rings (SSSR count). The summed E-state index contributed by atoms with van der Waals surface area (Å²) in [6, 6.07) is 6.94. The van der Waals surface area contributed by atoms with Crippen LogP contribution in [0.4, 0.5) is 0 Å². The summed E-state index contributed by atoms with van der Waals surface area (Å²) in [6.07, 6.45) is 11.4. The number of ether oxygens (including phenoxy) is 2. The van der Waals surface area contributed by atoms with Crippen LogP contribution in [-0.2, 0) is 20.9 Å². The van der Waals surface area contributed by atoms with E-state index in [9.17, 15) is 9.59 Å². The topological polar surface area (TPSA) is 59.1 Å². The van der Waals surface area contributed by atoms with Gasteiger partial charge in [-0.1, -0.05) is 30.4 Å². The molecule has 4 aliphatic rings. The van der Waals surface area contributed by atoms with Crippen LogP contribution in [0.3, 0.4) is 0 Å². The molecule has 1 saturated heterocycles. The van der Waals surface area contributed by atoms with Gasteiger partial charge in [-0.15, -0.1) is 42.3 Å². The predicted molar refractivity (Wildman–Crippen MR) is 148 cm³/mol. The molecule has 0 saturated carbocycles. The monoisotopic (exact) mass is 604 g/mol. The summed E-state index contributed by atoms with van der Waals surface area (Å²) in [5.74, 6) is 1.12. The average molecular weight is 605 g/mol. The molecule has 1 fully saturated rings. The molecule has 8 heteroatoms. The maximum absolute atomic E-state index is 13.6. The second-order valence-electron chi connectivity index (χ2n) is 8.70. The van der Waals surface area contributed by atoms with Crippen molar-refractivity contribution >= 4 is 47.5 Å². The third kappa shape index (κ3) is 5.09. The summed E-state index contributed by atoms with van der Waals surface area (Å²) in [5, 5.41) is 0.530. The lowest BCUT2D eigenvalue weighted by Gasteiger charge is -2.45. The number of allylic oxidation sites excluding steroid dienone is 3. The minimum atomic E-state index is -0.496. The van der Waals surface area contributed by atoms with Crippen molar-refractivity contribution in [3.8, 4) is 5.75 Å². The number of hydrogen-bond donors (Lipinski definition) is 0. The zero-order valence-corrected chi connectivity index (χ0v) is 22.8. The van der Waals surface area contributed by atoms with Crippen LogP contribution in [0.25, 0.3) is 0 Å². The van der Waals surface area contributed by atoms with Crippen molar-refractivity contribution in [1.82, 2.24) is 9.80 Å². The number of carbonyl (C=O) groups excluding carboxylic acids is 2. The maximum atomic E-state index is 13.6. The Balaban J connectivity index is 0.00000289. The zero-order valence-electron chi connectivity index (χ0n) is 19.6. The van der Waals surface area contributed by atoms with Gasteiger partial charge in [0.15, 0.2) is 5.78 Å². The predicted octanol–water partition coefficient (Wildman–Crippen LogP) is 4.60. The van der Waals surface area contributed by atoms with E-state index in [0.717, 1.165) is 40.3 Å². The molecule has 1 aromatic rings. The van der Waals surface area contributed by atoms with Crippen LogP contribution in [0.5, 0.6) is 5.75 Å². The van der Waals surface area contributed by atoms with E-state index in [4.69, 9.17) is 9.47 Å². The van der Waals surface area contributed by atoms with E-state index in [0.29, 0.717) is 24.0 Å². The Kier molecular flexibility index (Phi) is 8.11. The highest BCUT2D eigenvalue weighted by molar-refractivity contribution is 14.0. The lowest BCUT2D eigenvalue weighted by atomic mass is 9.85. The van der Waals surface area contributed by atoms with Crippen molar-refractivity contribution in [3.63, 3.8) is 0 Å². The molecule has 0 bridgehead atoms. The minimum absolute atomic E-state index is 0. The normalized spacial score (nSPS) is 22.7.